The number of fused-ring (bicyclic) bond motifs is 3. The van der Waals surface area contributed by atoms with E-state index in [0.29, 0.717) is 5.56 Å². The van der Waals surface area contributed by atoms with Crippen LogP contribution < -0.4 is 24.4 Å². The van der Waals surface area contributed by atoms with Gasteiger partial charge >= 0.3 is 11.9 Å². The summed E-state index contributed by atoms with van der Waals surface area (Å²) in [7, 11) is 2.70. The van der Waals surface area contributed by atoms with Gasteiger partial charge in [-0.1, -0.05) is 0 Å². The number of rotatable bonds is 5. The van der Waals surface area contributed by atoms with Gasteiger partial charge < -0.3 is 43.8 Å². The Bertz CT molecular complexity index is 1740. The van der Waals surface area contributed by atoms with Crippen LogP contribution in [-0.4, -0.2) is 46.6 Å². The van der Waals surface area contributed by atoms with E-state index < -0.39 is 46.3 Å². The molecule has 40 heavy (non-hydrogen) atoms. The minimum atomic E-state index is -0.986. The molecule has 0 fully saturated rings. The van der Waals surface area contributed by atoms with Crippen molar-refractivity contribution < 1.29 is 53.4 Å². The predicted molar refractivity (Wildman–Crippen MR) is 138 cm³/mol. The maximum Gasteiger partial charge on any atom is 0.312 e. The molecule has 4 aromatic rings. The zero-order chi connectivity index (χ0) is 28.9. The number of aromatic hydroxyl groups is 4. The van der Waals surface area contributed by atoms with Gasteiger partial charge in [0.1, 0.15) is 22.5 Å². The Morgan fingerprint density at radius 3 is 2.20 bits per heavy atom. The van der Waals surface area contributed by atoms with E-state index in [0.717, 1.165) is 18.2 Å². The average molecular weight is 550 g/mol. The lowest BCUT2D eigenvalue weighted by molar-refractivity contribution is -0.135. The summed E-state index contributed by atoms with van der Waals surface area (Å²) in [5, 5.41) is 40.6. The molecule has 5 rings (SSSR count). The number of esters is 2. The molecule has 0 amide bonds. The number of hydrogen-bond acceptors (Lipinski definition) is 12. The molecule has 3 aromatic carbocycles. The largest absolute Gasteiger partial charge is 0.507 e. The Balaban J connectivity index is 1.82. The van der Waals surface area contributed by atoms with Crippen LogP contribution in [0.1, 0.15) is 30.4 Å². The summed E-state index contributed by atoms with van der Waals surface area (Å²) in [5.74, 6) is -4.75. The highest BCUT2D eigenvalue weighted by Gasteiger charge is 2.35. The molecule has 2 heterocycles. The van der Waals surface area contributed by atoms with Gasteiger partial charge in [-0.2, -0.15) is 0 Å². The number of carbonyl (C=O) groups excluding carboxylic acids is 2. The van der Waals surface area contributed by atoms with E-state index in [1.54, 1.807) is 0 Å². The summed E-state index contributed by atoms with van der Waals surface area (Å²) in [6, 6.07) is 7.63. The first-order valence-corrected chi connectivity index (χ1v) is 11.8. The lowest BCUT2D eigenvalue weighted by atomic mass is 9.84. The van der Waals surface area contributed by atoms with Gasteiger partial charge in [0.05, 0.1) is 20.6 Å². The van der Waals surface area contributed by atoms with Gasteiger partial charge in [-0.25, -0.2) is 0 Å². The molecular weight excluding hydrogens is 528 g/mol. The monoisotopic (exact) mass is 550 g/mol. The maximum absolute atomic E-state index is 13.3. The second-order valence-corrected chi connectivity index (χ2v) is 8.90. The van der Waals surface area contributed by atoms with E-state index in [9.17, 15) is 34.8 Å². The van der Waals surface area contributed by atoms with Gasteiger partial charge in [-0.05, 0) is 35.9 Å². The number of phenols is 3. The van der Waals surface area contributed by atoms with Crippen LogP contribution in [0, 0.1) is 0 Å². The zero-order valence-corrected chi connectivity index (χ0v) is 21.3. The fourth-order valence-electron chi connectivity index (χ4n) is 4.67. The minimum absolute atomic E-state index is 0.0151. The van der Waals surface area contributed by atoms with Crippen LogP contribution >= 0.6 is 0 Å². The van der Waals surface area contributed by atoms with Crippen LogP contribution in [0.15, 0.2) is 45.6 Å². The van der Waals surface area contributed by atoms with Crippen molar-refractivity contribution in [2.75, 3.05) is 14.2 Å². The SMILES string of the molecule is COc1cc([C@H]2CC(=O)Oc3cc(O)c4c(=O)c(O)c(-c5ccc(O)c(O)c5)oc4c32)cc(OC)c1OC(C)=O. The lowest BCUT2D eigenvalue weighted by Crippen LogP contribution is -2.22. The van der Waals surface area contributed by atoms with Crippen molar-refractivity contribution in [1.29, 1.82) is 0 Å². The van der Waals surface area contributed by atoms with Crippen LogP contribution in [0.25, 0.3) is 22.3 Å². The highest BCUT2D eigenvalue weighted by Crippen LogP contribution is 2.50. The molecule has 1 aromatic heterocycles. The van der Waals surface area contributed by atoms with Crippen LogP contribution in [0.2, 0.25) is 0 Å². The molecule has 0 bridgehead atoms. The van der Waals surface area contributed by atoms with Gasteiger partial charge in [0, 0.05) is 30.0 Å². The van der Waals surface area contributed by atoms with Gasteiger partial charge in [-0.15, -0.1) is 0 Å². The Morgan fingerprint density at radius 2 is 1.60 bits per heavy atom. The van der Waals surface area contributed by atoms with E-state index in [2.05, 4.69) is 0 Å². The molecular formula is C28H22O12. The van der Waals surface area contributed by atoms with E-state index in [-0.39, 0.29) is 57.3 Å². The first-order valence-electron chi connectivity index (χ1n) is 11.8. The molecule has 0 saturated carbocycles. The quantitative estimate of drug-likeness (QED) is 0.161. The summed E-state index contributed by atoms with van der Waals surface area (Å²) < 4.78 is 27.4. The number of methoxy groups -OCH3 is 2. The van der Waals surface area contributed by atoms with Gasteiger partial charge in [0.15, 0.2) is 28.8 Å². The molecule has 0 radical (unpaired) electrons. The first kappa shape index (κ1) is 26.2. The third-order valence-corrected chi connectivity index (χ3v) is 6.43. The van der Waals surface area contributed by atoms with Crippen molar-refractivity contribution in [3.05, 3.63) is 57.7 Å². The number of phenolic OH excluding ortho intramolecular Hbond substituents is 3. The Hall–Kier alpha value is -5.39. The number of carbonyl (C=O) groups is 2. The maximum atomic E-state index is 13.3. The summed E-state index contributed by atoms with van der Waals surface area (Å²) in [6.07, 6.45) is -0.230. The third kappa shape index (κ3) is 4.25. The van der Waals surface area contributed by atoms with Crippen molar-refractivity contribution >= 4 is 22.9 Å². The fourth-order valence-corrected chi connectivity index (χ4v) is 4.67. The molecule has 12 nitrogen and oxygen atoms in total. The highest BCUT2D eigenvalue weighted by molar-refractivity contribution is 5.94. The van der Waals surface area contributed by atoms with Gasteiger partial charge in [0.25, 0.3) is 0 Å². The van der Waals surface area contributed by atoms with Crippen molar-refractivity contribution in [3.8, 4) is 57.3 Å². The molecule has 4 N–H and O–H groups in total. The summed E-state index contributed by atoms with van der Waals surface area (Å²) >= 11 is 0. The van der Waals surface area contributed by atoms with Gasteiger partial charge in [0.2, 0.25) is 16.9 Å². The van der Waals surface area contributed by atoms with Crippen molar-refractivity contribution in [2.45, 2.75) is 19.3 Å². The summed E-state index contributed by atoms with van der Waals surface area (Å²) in [6.45, 7) is 1.21. The second kappa shape index (κ2) is 9.73. The molecule has 1 aliphatic heterocycles. The molecule has 1 aliphatic rings. The zero-order valence-electron chi connectivity index (χ0n) is 21.3. The molecule has 12 heteroatoms. The molecule has 206 valence electrons. The lowest BCUT2D eigenvalue weighted by Gasteiger charge is -2.27. The van der Waals surface area contributed by atoms with Crippen molar-refractivity contribution in [2.24, 2.45) is 0 Å². The van der Waals surface area contributed by atoms with Crippen LogP contribution in [-0.2, 0) is 9.59 Å². The number of ether oxygens (including phenoxy) is 4. The van der Waals surface area contributed by atoms with Gasteiger partial charge in [-0.3, -0.25) is 14.4 Å². The van der Waals surface area contributed by atoms with E-state index >= 15 is 0 Å². The first-order chi connectivity index (χ1) is 19.0. The number of hydrogen-bond donors (Lipinski definition) is 4. The molecule has 1 atom stereocenters. The molecule has 0 saturated heterocycles. The van der Waals surface area contributed by atoms with Crippen LogP contribution in [0.3, 0.4) is 0 Å². The van der Waals surface area contributed by atoms with E-state index in [1.165, 1.54) is 39.3 Å². The topological polar surface area (TPSA) is 182 Å². The Labute approximate surface area is 225 Å². The summed E-state index contributed by atoms with van der Waals surface area (Å²) in [5.41, 5.74) is -0.519. The molecule has 0 spiro atoms. The normalized spacial score (nSPS) is 14.4. The smallest absolute Gasteiger partial charge is 0.312 e. The second-order valence-electron chi connectivity index (χ2n) is 8.90. The molecule has 0 aliphatic carbocycles. The van der Waals surface area contributed by atoms with Crippen LogP contribution in [0.5, 0.6) is 46.0 Å². The van der Waals surface area contributed by atoms with Crippen molar-refractivity contribution in [1.82, 2.24) is 0 Å². The standard InChI is InChI=1S/C28H22O12/c1-11(29)38-27-19(36-2)7-13(8-20(27)37-3)14-9-21(33)39-18-10-17(32)23-24(34)25(35)26(40-28(23)22(14)18)12-4-5-15(30)16(31)6-12/h4-8,10,14,30-32,35H,9H2,1-3H3/t14-/m1/s1. The Morgan fingerprint density at radius 1 is 0.925 bits per heavy atom. The Kier molecular flexibility index (Phi) is 6.38. The third-order valence-electron chi connectivity index (χ3n) is 6.43. The summed E-state index contributed by atoms with van der Waals surface area (Å²) in [4.78, 5) is 37.6. The van der Waals surface area contributed by atoms with E-state index in [4.69, 9.17) is 23.4 Å². The highest BCUT2D eigenvalue weighted by atomic mass is 16.6. The van der Waals surface area contributed by atoms with Crippen LogP contribution in [0.4, 0.5) is 0 Å². The minimum Gasteiger partial charge on any atom is -0.507 e. The fraction of sp³-hybridized carbons (Fsp3) is 0.179. The van der Waals surface area contributed by atoms with Crippen molar-refractivity contribution in [3.63, 3.8) is 0 Å². The van der Waals surface area contributed by atoms with E-state index in [1.807, 2.05) is 0 Å². The predicted octanol–water partition coefficient (Wildman–Crippen LogP) is 3.67. The average Bonchev–Trinajstić information content (AvgIpc) is 2.91. The molecule has 0 unspecified atom stereocenters. The number of benzene rings is 3.